The molecule has 0 aliphatic carbocycles. The first-order valence-electron chi connectivity index (χ1n) is 4.10. The zero-order valence-corrected chi connectivity index (χ0v) is 9.61. The average molecular weight is 263 g/mol. The van der Waals surface area contributed by atoms with Gasteiger partial charge in [-0.1, -0.05) is 20.8 Å². The SMILES string of the molecule is CC(C)(C)C(NS(=O)(=O)C(F)(F)F)C(=O)O. The van der Waals surface area contributed by atoms with Crippen LogP contribution < -0.4 is 4.72 Å². The summed E-state index contributed by atoms with van der Waals surface area (Å²) in [5.74, 6) is -1.67. The summed E-state index contributed by atoms with van der Waals surface area (Å²) >= 11 is 0. The lowest BCUT2D eigenvalue weighted by Gasteiger charge is -2.27. The Kier molecular flexibility index (Phi) is 3.99. The highest BCUT2D eigenvalue weighted by atomic mass is 32.2. The summed E-state index contributed by atoms with van der Waals surface area (Å²) in [5, 5.41) is 8.64. The molecule has 0 aromatic carbocycles. The summed E-state index contributed by atoms with van der Waals surface area (Å²) < 4.78 is 58.6. The van der Waals surface area contributed by atoms with Crippen molar-refractivity contribution in [2.75, 3.05) is 0 Å². The molecule has 9 heteroatoms. The van der Waals surface area contributed by atoms with Gasteiger partial charge in [-0.2, -0.15) is 17.9 Å². The van der Waals surface area contributed by atoms with Crippen LogP contribution in [0.15, 0.2) is 0 Å². The van der Waals surface area contributed by atoms with Crippen molar-refractivity contribution in [1.29, 1.82) is 0 Å². The highest BCUT2D eigenvalue weighted by molar-refractivity contribution is 7.90. The molecule has 0 bridgehead atoms. The molecule has 2 N–H and O–H groups in total. The van der Waals surface area contributed by atoms with Crippen molar-refractivity contribution in [3.05, 3.63) is 0 Å². The summed E-state index contributed by atoms with van der Waals surface area (Å²) in [6, 6.07) is -1.85. The van der Waals surface area contributed by atoms with Gasteiger partial charge in [0.2, 0.25) is 0 Å². The third kappa shape index (κ3) is 3.63. The smallest absolute Gasteiger partial charge is 0.480 e. The summed E-state index contributed by atoms with van der Waals surface area (Å²) in [7, 11) is -5.66. The van der Waals surface area contributed by atoms with Crippen molar-refractivity contribution < 1.29 is 31.5 Å². The van der Waals surface area contributed by atoms with Crippen LogP contribution in [0.1, 0.15) is 20.8 Å². The summed E-state index contributed by atoms with van der Waals surface area (Å²) in [6.45, 7) is 3.93. The Bertz CT molecular complexity index is 368. The topological polar surface area (TPSA) is 83.5 Å². The fraction of sp³-hybridized carbons (Fsp3) is 0.857. The van der Waals surface area contributed by atoms with E-state index in [1.807, 2.05) is 0 Å². The summed E-state index contributed by atoms with van der Waals surface area (Å²) in [4.78, 5) is 10.7. The van der Waals surface area contributed by atoms with E-state index in [2.05, 4.69) is 0 Å². The maximum absolute atomic E-state index is 12.0. The standard InChI is InChI=1S/C7H12F3NO4S/c1-6(2,3)4(5(12)13)11-16(14,15)7(8,9)10/h4,11H,1-3H3,(H,12,13). The highest BCUT2D eigenvalue weighted by Gasteiger charge is 2.49. The molecule has 0 spiro atoms. The number of carboxylic acid groups (broad SMARTS) is 1. The summed E-state index contributed by atoms with van der Waals surface area (Å²) in [6.07, 6.45) is 0. The molecule has 5 nitrogen and oxygen atoms in total. The molecule has 0 saturated heterocycles. The molecule has 0 saturated carbocycles. The van der Waals surface area contributed by atoms with E-state index in [1.54, 1.807) is 0 Å². The highest BCUT2D eigenvalue weighted by Crippen LogP contribution is 2.26. The zero-order valence-electron chi connectivity index (χ0n) is 8.79. The first kappa shape index (κ1) is 15.2. The number of nitrogens with one attached hydrogen (secondary N) is 1. The molecule has 0 aromatic rings. The lowest BCUT2D eigenvalue weighted by atomic mass is 9.88. The lowest BCUT2D eigenvalue weighted by Crippen LogP contribution is -2.52. The Morgan fingerprint density at radius 2 is 1.62 bits per heavy atom. The van der Waals surface area contributed by atoms with Gasteiger partial charge < -0.3 is 5.11 Å². The van der Waals surface area contributed by atoms with Gasteiger partial charge in [0, 0.05) is 0 Å². The minimum Gasteiger partial charge on any atom is -0.480 e. The number of carboxylic acids is 1. The Balaban J connectivity index is 5.16. The zero-order chi connectivity index (χ0) is 13.4. The van der Waals surface area contributed by atoms with Crippen molar-refractivity contribution in [2.45, 2.75) is 32.3 Å². The number of halogens is 3. The Morgan fingerprint density at radius 1 is 1.25 bits per heavy atom. The minimum atomic E-state index is -5.66. The van der Waals surface area contributed by atoms with E-state index < -0.39 is 33.0 Å². The van der Waals surface area contributed by atoms with Gasteiger partial charge >= 0.3 is 21.5 Å². The first-order valence-corrected chi connectivity index (χ1v) is 5.59. The minimum absolute atomic E-state index is 1.12. The van der Waals surface area contributed by atoms with Crippen LogP contribution in [0.25, 0.3) is 0 Å². The van der Waals surface area contributed by atoms with Crippen LogP contribution in [0.4, 0.5) is 13.2 Å². The fourth-order valence-electron chi connectivity index (χ4n) is 0.820. The van der Waals surface area contributed by atoms with Gasteiger partial charge in [-0.15, -0.1) is 0 Å². The number of rotatable bonds is 3. The van der Waals surface area contributed by atoms with Crippen LogP contribution in [0.3, 0.4) is 0 Å². The monoisotopic (exact) mass is 263 g/mol. The van der Waals surface area contributed by atoms with Crippen LogP contribution in [-0.4, -0.2) is 31.0 Å². The molecule has 0 radical (unpaired) electrons. The van der Waals surface area contributed by atoms with Gasteiger partial charge in [0.15, 0.2) is 0 Å². The third-order valence-corrected chi connectivity index (χ3v) is 2.85. The molecule has 0 heterocycles. The average Bonchev–Trinajstić information content (AvgIpc) is 1.95. The quantitative estimate of drug-likeness (QED) is 0.793. The van der Waals surface area contributed by atoms with Crippen LogP contribution in [0.2, 0.25) is 0 Å². The van der Waals surface area contributed by atoms with E-state index in [0.717, 1.165) is 4.72 Å². The van der Waals surface area contributed by atoms with Gasteiger partial charge in [0.25, 0.3) is 0 Å². The Labute approximate surface area is 90.7 Å². The van der Waals surface area contributed by atoms with E-state index in [9.17, 15) is 26.4 Å². The molecule has 16 heavy (non-hydrogen) atoms. The molecule has 0 amide bonds. The molecule has 0 aliphatic rings. The number of alkyl halides is 3. The Morgan fingerprint density at radius 3 is 1.81 bits per heavy atom. The Hall–Kier alpha value is -0.830. The van der Waals surface area contributed by atoms with Crippen molar-refractivity contribution in [2.24, 2.45) is 5.41 Å². The largest absolute Gasteiger partial charge is 0.511 e. The lowest BCUT2D eigenvalue weighted by molar-refractivity contribution is -0.141. The molecule has 0 aromatic heterocycles. The molecule has 0 fully saturated rings. The van der Waals surface area contributed by atoms with E-state index in [1.165, 1.54) is 20.8 Å². The predicted molar refractivity (Wildman–Crippen MR) is 49.0 cm³/mol. The molecule has 1 unspecified atom stereocenters. The number of hydrogen-bond donors (Lipinski definition) is 2. The molecule has 96 valence electrons. The molecule has 0 aliphatic heterocycles. The van der Waals surface area contributed by atoms with Gasteiger partial charge in [-0.05, 0) is 5.41 Å². The number of aliphatic carboxylic acids is 1. The number of sulfonamides is 1. The molecule has 1 atom stereocenters. The van der Waals surface area contributed by atoms with Gasteiger partial charge in [0.1, 0.15) is 6.04 Å². The van der Waals surface area contributed by atoms with Crippen molar-refractivity contribution in [3.8, 4) is 0 Å². The molecular formula is C7H12F3NO4S. The van der Waals surface area contributed by atoms with Crippen LogP contribution in [-0.2, 0) is 14.8 Å². The fourth-order valence-corrected chi connectivity index (χ4v) is 1.72. The van der Waals surface area contributed by atoms with E-state index in [0.29, 0.717) is 0 Å². The van der Waals surface area contributed by atoms with Crippen LogP contribution in [0, 0.1) is 5.41 Å². The van der Waals surface area contributed by atoms with E-state index >= 15 is 0 Å². The maximum atomic E-state index is 12.0. The first-order chi connectivity index (χ1) is 6.79. The van der Waals surface area contributed by atoms with Gasteiger partial charge in [-0.25, -0.2) is 8.42 Å². The van der Waals surface area contributed by atoms with Crippen molar-refractivity contribution >= 4 is 16.0 Å². The van der Waals surface area contributed by atoms with Crippen molar-refractivity contribution in [1.82, 2.24) is 4.72 Å². The molecule has 0 rings (SSSR count). The van der Waals surface area contributed by atoms with E-state index in [-0.39, 0.29) is 0 Å². The number of hydrogen-bond acceptors (Lipinski definition) is 3. The van der Waals surface area contributed by atoms with Crippen LogP contribution in [0.5, 0.6) is 0 Å². The second-order valence-corrected chi connectivity index (χ2v) is 5.91. The second kappa shape index (κ2) is 4.21. The van der Waals surface area contributed by atoms with E-state index in [4.69, 9.17) is 5.11 Å². The normalized spacial score (nSPS) is 15.9. The van der Waals surface area contributed by atoms with Gasteiger partial charge in [0.05, 0.1) is 0 Å². The predicted octanol–water partition coefficient (Wildman–Crippen LogP) is 0.925. The third-order valence-electron chi connectivity index (χ3n) is 1.69. The van der Waals surface area contributed by atoms with Crippen LogP contribution >= 0.6 is 0 Å². The number of carbonyl (C=O) groups is 1. The summed E-state index contributed by atoms with van der Waals surface area (Å²) in [5.41, 5.74) is -6.70. The van der Waals surface area contributed by atoms with Gasteiger partial charge in [-0.3, -0.25) is 4.79 Å². The molecular weight excluding hydrogens is 251 g/mol. The second-order valence-electron chi connectivity index (χ2n) is 4.20. The maximum Gasteiger partial charge on any atom is 0.511 e. The van der Waals surface area contributed by atoms with Crippen molar-refractivity contribution in [3.63, 3.8) is 0 Å².